The van der Waals surface area contributed by atoms with Gasteiger partial charge in [0.05, 0.1) is 6.10 Å². The number of nitrogens with zero attached hydrogens (tertiary/aromatic N) is 2. The van der Waals surface area contributed by atoms with Crippen molar-refractivity contribution >= 4 is 21.8 Å². The van der Waals surface area contributed by atoms with Crippen LogP contribution in [0.15, 0.2) is 22.8 Å². The van der Waals surface area contributed by atoms with Crippen LogP contribution in [0.1, 0.15) is 29.8 Å². The number of ether oxygens (including phenoxy) is 1. The summed E-state index contributed by atoms with van der Waals surface area (Å²) in [5, 5.41) is 0. The fourth-order valence-electron chi connectivity index (χ4n) is 2.25. The van der Waals surface area contributed by atoms with Gasteiger partial charge in [-0.3, -0.25) is 4.79 Å². The molecule has 20 heavy (non-hydrogen) atoms. The van der Waals surface area contributed by atoms with E-state index in [0.29, 0.717) is 18.8 Å². The molecule has 0 atom stereocenters. The van der Waals surface area contributed by atoms with E-state index in [9.17, 15) is 4.79 Å². The Hall–Kier alpha value is -0.980. The van der Waals surface area contributed by atoms with Gasteiger partial charge in [-0.25, -0.2) is 4.98 Å². The van der Waals surface area contributed by atoms with E-state index < -0.39 is 0 Å². The van der Waals surface area contributed by atoms with Gasteiger partial charge in [0.15, 0.2) is 0 Å². The lowest BCUT2D eigenvalue weighted by Gasteiger charge is -2.31. The Morgan fingerprint density at radius 3 is 2.90 bits per heavy atom. The minimum atomic E-state index is -0.0158. The molecule has 6 heteroatoms. The van der Waals surface area contributed by atoms with E-state index in [1.165, 1.54) is 0 Å². The third kappa shape index (κ3) is 4.01. The van der Waals surface area contributed by atoms with E-state index in [-0.39, 0.29) is 12.0 Å². The molecular weight excluding hydrogens is 322 g/mol. The van der Waals surface area contributed by atoms with Crippen molar-refractivity contribution in [2.45, 2.75) is 25.4 Å². The van der Waals surface area contributed by atoms with E-state index >= 15 is 0 Å². The minimum absolute atomic E-state index is 0.0158. The van der Waals surface area contributed by atoms with Gasteiger partial charge in [-0.2, -0.15) is 0 Å². The summed E-state index contributed by atoms with van der Waals surface area (Å²) in [6.07, 6.45) is 4.53. The highest BCUT2D eigenvalue weighted by molar-refractivity contribution is 9.10. The highest BCUT2D eigenvalue weighted by Crippen LogP contribution is 2.19. The van der Waals surface area contributed by atoms with Crippen LogP contribution in [-0.2, 0) is 4.74 Å². The summed E-state index contributed by atoms with van der Waals surface area (Å²) in [6.45, 7) is 2.80. The van der Waals surface area contributed by atoms with Crippen molar-refractivity contribution in [3.05, 3.63) is 28.5 Å². The van der Waals surface area contributed by atoms with Crippen molar-refractivity contribution in [1.29, 1.82) is 0 Å². The lowest BCUT2D eigenvalue weighted by molar-refractivity contribution is 0.00826. The SMILES string of the molecule is NCCCOC1CCN(C(=O)c2ncccc2Br)CC1. The van der Waals surface area contributed by atoms with Gasteiger partial charge < -0.3 is 15.4 Å². The number of hydrogen-bond donors (Lipinski definition) is 1. The number of amides is 1. The first-order valence-corrected chi connectivity index (χ1v) is 7.73. The summed E-state index contributed by atoms with van der Waals surface area (Å²) < 4.78 is 6.48. The van der Waals surface area contributed by atoms with Crippen LogP contribution >= 0.6 is 15.9 Å². The van der Waals surface area contributed by atoms with E-state index in [1.54, 1.807) is 12.3 Å². The van der Waals surface area contributed by atoms with Gasteiger partial charge in [0.25, 0.3) is 5.91 Å². The molecule has 1 aliphatic heterocycles. The molecule has 2 rings (SSSR count). The second kappa shape index (κ2) is 7.71. The molecule has 1 amide bonds. The number of carbonyl (C=O) groups excluding carboxylic acids is 1. The summed E-state index contributed by atoms with van der Waals surface area (Å²) in [4.78, 5) is 18.4. The zero-order valence-corrected chi connectivity index (χ0v) is 13.0. The number of nitrogens with two attached hydrogens (primary N) is 1. The van der Waals surface area contributed by atoms with Crippen molar-refractivity contribution < 1.29 is 9.53 Å². The third-order valence-corrected chi connectivity index (χ3v) is 4.03. The molecule has 0 saturated carbocycles. The largest absolute Gasteiger partial charge is 0.378 e. The molecule has 110 valence electrons. The van der Waals surface area contributed by atoms with Crippen LogP contribution in [0.5, 0.6) is 0 Å². The lowest BCUT2D eigenvalue weighted by atomic mass is 10.1. The summed E-state index contributed by atoms with van der Waals surface area (Å²) >= 11 is 3.37. The number of rotatable bonds is 5. The third-order valence-electron chi connectivity index (χ3n) is 3.39. The number of aromatic nitrogens is 1. The van der Waals surface area contributed by atoms with Gasteiger partial charge in [-0.05, 0) is 53.9 Å². The van der Waals surface area contributed by atoms with Crippen LogP contribution in [0, 0.1) is 0 Å². The van der Waals surface area contributed by atoms with E-state index in [2.05, 4.69) is 20.9 Å². The van der Waals surface area contributed by atoms with Crippen LogP contribution < -0.4 is 5.73 Å². The topological polar surface area (TPSA) is 68.5 Å². The molecule has 1 aromatic rings. The molecule has 0 aliphatic carbocycles. The highest BCUT2D eigenvalue weighted by Gasteiger charge is 2.25. The zero-order chi connectivity index (χ0) is 14.4. The maximum Gasteiger partial charge on any atom is 0.273 e. The molecule has 0 radical (unpaired) electrons. The van der Waals surface area contributed by atoms with Crippen molar-refractivity contribution in [3.63, 3.8) is 0 Å². The maximum atomic E-state index is 12.4. The van der Waals surface area contributed by atoms with Crippen LogP contribution in [0.25, 0.3) is 0 Å². The molecule has 1 fully saturated rings. The van der Waals surface area contributed by atoms with Crippen molar-refractivity contribution in [1.82, 2.24) is 9.88 Å². The van der Waals surface area contributed by atoms with Gasteiger partial charge in [-0.1, -0.05) is 0 Å². The fourth-order valence-corrected chi connectivity index (χ4v) is 2.68. The van der Waals surface area contributed by atoms with Crippen LogP contribution in [-0.4, -0.2) is 48.1 Å². The number of halogens is 1. The lowest BCUT2D eigenvalue weighted by Crippen LogP contribution is -2.41. The van der Waals surface area contributed by atoms with Crippen LogP contribution in [0.3, 0.4) is 0 Å². The molecule has 2 heterocycles. The molecule has 1 aromatic heterocycles. The number of piperidine rings is 1. The molecule has 5 nitrogen and oxygen atoms in total. The Morgan fingerprint density at radius 2 is 2.25 bits per heavy atom. The standard InChI is InChI=1S/C14H20BrN3O2/c15-12-3-1-7-17-13(12)14(19)18-8-4-11(5-9-18)20-10-2-6-16/h1,3,7,11H,2,4-6,8-10,16H2. The van der Waals surface area contributed by atoms with E-state index in [0.717, 1.165) is 36.8 Å². The second-order valence-corrected chi connectivity index (χ2v) is 5.69. The van der Waals surface area contributed by atoms with Crippen molar-refractivity contribution in [2.24, 2.45) is 5.73 Å². The number of carbonyl (C=O) groups is 1. The average molecular weight is 342 g/mol. The molecule has 0 spiro atoms. The van der Waals surface area contributed by atoms with Crippen molar-refractivity contribution in [3.8, 4) is 0 Å². The Labute approximate surface area is 127 Å². The Bertz CT molecular complexity index is 448. The smallest absolute Gasteiger partial charge is 0.273 e. The molecular formula is C14H20BrN3O2. The van der Waals surface area contributed by atoms with Crippen molar-refractivity contribution in [2.75, 3.05) is 26.2 Å². The number of likely N-dealkylation sites (tertiary alicyclic amines) is 1. The molecule has 0 bridgehead atoms. The summed E-state index contributed by atoms with van der Waals surface area (Å²) in [5.41, 5.74) is 5.92. The Balaban J connectivity index is 1.85. The monoisotopic (exact) mass is 341 g/mol. The van der Waals surface area contributed by atoms with Crippen LogP contribution in [0.4, 0.5) is 0 Å². The highest BCUT2D eigenvalue weighted by atomic mass is 79.9. The maximum absolute atomic E-state index is 12.4. The van der Waals surface area contributed by atoms with Gasteiger partial charge >= 0.3 is 0 Å². The summed E-state index contributed by atoms with van der Waals surface area (Å²) in [7, 11) is 0. The van der Waals surface area contributed by atoms with Gasteiger partial charge in [0.2, 0.25) is 0 Å². The fraction of sp³-hybridized carbons (Fsp3) is 0.571. The minimum Gasteiger partial charge on any atom is -0.378 e. The average Bonchev–Trinajstić information content (AvgIpc) is 2.48. The van der Waals surface area contributed by atoms with Gasteiger partial charge in [0, 0.05) is 30.4 Å². The van der Waals surface area contributed by atoms with Gasteiger partial charge in [0.1, 0.15) is 5.69 Å². The normalized spacial score (nSPS) is 16.4. The first-order valence-electron chi connectivity index (χ1n) is 6.94. The first kappa shape index (κ1) is 15.4. The molecule has 0 unspecified atom stereocenters. The molecule has 2 N–H and O–H groups in total. The summed E-state index contributed by atoms with van der Waals surface area (Å²) in [5.74, 6) is -0.0158. The van der Waals surface area contributed by atoms with E-state index in [4.69, 9.17) is 10.5 Å². The Morgan fingerprint density at radius 1 is 1.50 bits per heavy atom. The van der Waals surface area contributed by atoms with Crippen LogP contribution in [0.2, 0.25) is 0 Å². The predicted molar refractivity (Wildman–Crippen MR) is 80.5 cm³/mol. The second-order valence-electron chi connectivity index (χ2n) is 4.84. The summed E-state index contributed by atoms with van der Waals surface area (Å²) in [6, 6.07) is 3.64. The Kier molecular flexibility index (Phi) is 5.94. The zero-order valence-electron chi connectivity index (χ0n) is 11.4. The van der Waals surface area contributed by atoms with E-state index in [1.807, 2.05) is 11.0 Å². The molecule has 1 saturated heterocycles. The van der Waals surface area contributed by atoms with Gasteiger partial charge in [-0.15, -0.1) is 0 Å². The molecule has 0 aromatic carbocycles. The first-order chi connectivity index (χ1) is 9.72. The molecule has 1 aliphatic rings. The number of hydrogen-bond acceptors (Lipinski definition) is 4. The predicted octanol–water partition coefficient (Wildman–Crippen LogP) is 1.81. The quantitative estimate of drug-likeness (QED) is 0.829. The number of pyridine rings is 1.